The van der Waals surface area contributed by atoms with Crippen molar-refractivity contribution in [3.63, 3.8) is 0 Å². The molecule has 3 aromatic rings. The average Bonchev–Trinajstić information content (AvgIpc) is 2.88. The summed E-state index contributed by atoms with van der Waals surface area (Å²) in [4.78, 5) is 28.3. The quantitative estimate of drug-likeness (QED) is 0.337. The molecule has 3 rings (SSSR count). The zero-order valence-corrected chi connectivity index (χ0v) is 24.0. The number of benzene rings is 3. The summed E-state index contributed by atoms with van der Waals surface area (Å²) in [6.45, 7) is 6.70. The number of carbonyl (C=O) groups excluding carboxylic acids is 2. The van der Waals surface area contributed by atoms with Gasteiger partial charge in [-0.25, -0.2) is 12.8 Å². The van der Waals surface area contributed by atoms with E-state index in [1.165, 1.54) is 4.90 Å². The minimum absolute atomic E-state index is 0.000855. The predicted molar refractivity (Wildman–Crippen MR) is 151 cm³/mol. The number of sulfonamides is 1. The van der Waals surface area contributed by atoms with E-state index in [-0.39, 0.29) is 29.1 Å². The van der Waals surface area contributed by atoms with Crippen LogP contribution in [-0.2, 0) is 26.2 Å². The number of hydrogen-bond acceptors (Lipinski definition) is 4. The Bertz CT molecular complexity index is 1400. The number of hydrogen-bond donors (Lipinski definition) is 1. The van der Waals surface area contributed by atoms with Gasteiger partial charge in [-0.05, 0) is 75.2 Å². The number of nitrogens with one attached hydrogen (secondary N) is 1. The molecule has 0 bridgehead atoms. The van der Waals surface area contributed by atoms with Crippen LogP contribution in [0.15, 0.2) is 77.7 Å². The molecule has 0 aliphatic carbocycles. The molecule has 0 heterocycles. The van der Waals surface area contributed by atoms with Crippen LogP contribution in [0.1, 0.15) is 38.3 Å². The van der Waals surface area contributed by atoms with Crippen molar-refractivity contribution in [2.24, 2.45) is 0 Å². The molecule has 39 heavy (non-hydrogen) atoms. The molecule has 1 atom stereocenters. The summed E-state index contributed by atoms with van der Waals surface area (Å²) in [7, 11) is -4.27. The maximum absolute atomic E-state index is 14.0. The van der Waals surface area contributed by atoms with Crippen molar-refractivity contribution in [1.82, 2.24) is 10.2 Å². The molecule has 0 aliphatic heterocycles. The number of rotatable bonds is 11. The van der Waals surface area contributed by atoms with Crippen molar-refractivity contribution in [2.75, 3.05) is 10.8 Å². The van der Waals surface area contributed by atoms with Gasteiger partial charge >= 0.3 is 0 Å². The van der Waals surface area contributed by atoms with Gasteiger partial charge in [0.15, 0.2) is 0 Å². The van der Waals surface area contributed by atoms with E-state index >= 15 is 0 Å². The molecule has 7 nitrogen and oxygen atoms in total. The molecule has 0 fully saturated rings. The van der Waals surface area contributed by atoms with Crippen LogP contribution in [0, 0.1) is 12.7 Å². The van der Waals surface area contributed by atoms with Crippen LogP contribution in [0.5, 0.6) is 0 Å². The zero-order chi connectivity index (χ0) is 28.7. The molecule has 3 aromatic carbocycles. The lowest BCUT2D eigenvalue weighted by molar-refractivity contribution is -0.140. The Morgan fingerprint density at radius 3 is 2.15 bits per heavy atom. The van der Waals surface area contributed by atoms with Crippen LogP contribution in [0.4, 0.5) is 10.1 Å². The SMILES string of the molecule is CCC(C(=O)NC(C)C)N(Cc1ccccc1Cl)C(=O)CN(c1ccc(C)cc1)S(=O)(=O)c1ccc(F)cc1. The molecule has 10 heteroatoms. The molecule has 0 aromatic heterocycles. The largest absolute Gasteiger partial charge is 0.352 e. The Kier molecular flexibility index (Phi) is 10.1. The van der Waals surface area contributed by atoms with Gasteiger partial charge in [0.2, 0.25) is 11.8 Å². The summed E-state index contributed by atoms with van der Waals surface area (Å²) < 4.78 is 42.1. The van der Waals surface area contributed by atoms with Gasteiger partial charge in [-0.3, -0.25) is 13.9 Å². The standard InChI is InChI=1S/C29H33ClFN3O4S/c1-5-27(29(36)32-20(2)3)33(18-22-8-6-7-9-26(22)30)28(35)19-34(24-14-10-21(4)11-15-24)39(37,38)25-16-12-23(31)13-17-25/h6-17,20,27H,5,18-19H2,1-4H3,(H,32,36). The van der Waals surface area contributed by atoms with Gasteiger partial charge in [0.25, 0.3) is 10.0 Å². The molecule has 208 valence electrons. The minimum atomic E-state index is -4.27. The topological polar surface area (TPSA) is 86.8 Å². The smallest absolute Gasteiger partial charge is 0.264 e. The van der Waals surface area contributed by atoms with Crippen molar-refractivity contribution >= 4 is 39.1 Å². The first-order valence-corrected chi connectivity index (χ1v) is 14.4. The van der Waals surface area contributed by atoms with Crippen LogP contribution in [0.3, 0.4) is 0 Å². The molecule has 0 aliphatic rings. The molecule has 2 amide bonds. The second kappa shape index (κ2) is 13.1. The summed E-state index contributed by atoms with van der Waals surface area (Å²) >= 11 is 6.39. The van der Waals surface area contributed by atoms with E-state index in [0.717, 1.165) is 34.1 Å². The lowest BCUT2D eigenvalue weighted by Crippen LogP contribution is -2.53. The predicted octanol–water partition coefficient (Wildman–Crippen LogP) is 5.31. The Hall–Kier alpha value is -3.43. The van der Waals surface area contributed by atoms with E-state index in [1.54, 1.807) is 55.5 Å². The van der Waals surface area contributed by atoms with E-state index in [0.29, 0.717) is 17.0 Å². The average molecular weight is 574 g/mol. The van der Waals surface area contributed by atoms with Crippen molar-refractivity contribution < 1.29 is 22.4 Å². The van der Waals surface area contributed by atoms with Gasteiger partial charge in [0, 0.05) is 17.6 Å². The fourth-order valence-corrected chi connectivity index (χ4v) is 5.69. The third kappa shape index (κ3) is 7.58. The van der Waals surface area contributed by atoms with Gasteiger partial charge in [-0.15, -0.1) is 0 Å². The summed E-state index contributed by atoms with van der Waals surface area (Å²) in [6, 6.07) is 17.0. The summed E-state index contributed by atoms with van der Waals surface area (Å²) in [5, 5.41) is 3.27. The maximum atomic E-state index is 14.0. The fourth-order valence-electron chi connectivity index (χ4n) is 4.08. The van der Waals surface area contributed by atoms with Crippen molar-refractivity contribution in [3.05, 3.63) is 94.8 Å². The number of aryl methyl sites for hydroxylation is 1. The normalized spacial score (nSPS) is 12.2. The lowest BCUT2D eigenvalue weighted by atomic mass is 10.1. The minimum Gasteiger partial charge on any atom is -0.352 e. The maximum Gasteiger partial charge on any atom is 0.264 e. The van der Waals surface area contributed by atoms with Gasteiger partial charge in [-0.2, -0.15) is 0 Å². The number of halogens is 2. The highest BCUT2D eigenvalue weighted by atomic mass is 35.5. The first kappa shape index (κ1) is 30.1. The Morgan fingerprint density at radius 2 is 1.59 bits per heavy atom. The number of anilines is 1. The second-order valence-corrected chi connectivity index (χ2v) is 11.8. The Morgan fingerprint density at radius 1 is 0.974 bits per heavy atom. The van der Waals surface area contributed by atoms with Gasteiger partial charge < -0.3 is 10.2 Å². The number of nitrogens with zero attached hydrogens (tertiary/aromatic N) is 2. The summed E-state index contributed by atoms with van der Waals surface area (Å²) in [5.41, 5.74) is 1.78. The molecule has 0 radical (unpaired) electrons. The van der Waals surface area contributed by atoms with Crippen molar-refractivity contribution in [3.8, 4) is 0 Å². The second-order valence-electron chi connectivity index (χ2n) is 9.50. The number of carbonyl (C=O) groups is 2. The number of amides is 2. The van der Waals surface area contributed by atoms with Crippen molar-refractivity contribution in [1.29, 1.82) is 0 Å². The highest BCUT2D eigenvalue weighted by Crippen LogP contribution is 2.26. The Balaban J connectivity index is 2.07. The van der Waals surface area contributed by atoms with Crippen molar-refractivity contribution in [2.45, 2.75) is 57.6 Å². The summed E-state index contributed by atoms with van der Waals surface area (Å²) in [6.07, 6.45) is 0.296. The summed E-state index contributed by atoms with van der Waals surface area (Å²) in [5.74, 6) is -1.53. The van der Waals surface area contributed by atoms with Gasteiger partial charge in [0.05, 0.1) is 10.6 Å². The van der Waals surface area contributed by atoms with Crippen LogP contribution in [-0.4, -0.2) is 43.8 Å². The molecule has 0 spiro atoms. The van der Waals surface area contributed by atoms with Crippen LogP contribution < -0.4 is 9.62 Å². The van der Waals surface area contributed by atoms with Crippen LogP contribution in [0.2, 0.25) is 5.02 Å². The zero-order valence-electron chi connectivity index (χ0n) is 22.4. The third-order valence-electron chi connectivity index (χ3n) is 6.12. The first-order valence-electron chi connectivity index (χ1n) is 12.6. The molecular formula is C29H33ClFN3O4S. The first-order chi connectivity index (χ1) is 18.4. The van der Waals surface area contributed by atoms with Crippen LogP contribution in [0.25, 0.3) is 0 Å². The van der Waals surface area contributed by atoms with E-state index < -0.39 is 34.3 Å². The van der Waals surface area contributed by atoms with E-state index in [9.17, 15) is 22.4 Å². The van der Waals surface area contributed by atoms with Gasteiger partial charge in [-0.1, -0.05) is 54.4 Å². The van der Waals surface area contributed by atoms with E-state index in [2.05, 4.69) is 5.32 Å². The van der Waals surface area contributed by atoms with Crippen LogP contribution >= 0.6 is 11.6 Å². The molecule has 1 unspecified atom stereocenters. The monoisotopic (exact) mass is 573 g/mol. The fraction of sp³-hybridized carbons (Fsp3) is 0.310. The molecule has 1 N–H and O–H groups in total. The Labute approximate surface area is 234 Å². The molecular weight excluding hydrogens is 541 g/mol. The van der Waals surface area contributed by atoms with Gasteiger partial charge in [0.1, 0.15) is 18.4 Å². The van der Waals surface area contributed by atoms with E-state index in [4.69, 9.17) is 11.6 Å². The highest BCUT2D eigenvalue weighted by Gasteiger charge is 2.34. The van der Waals surface area contributed by atoms with E-state index in [1.807, 2.05) is 20.8 Å². The molecule has 0 saturated heterocycles. The third-order valence-corrected chi connectivity index (χ3v) is 8.27. The lowest BCUT2D eigenvalue weighted by Gasteiger charge is -2.33. The highest BCUT2D eigenvalue weighted by molar-refractivity contribution is 7.92. The molecule has 0 saturated carbocycles.